The number of hydrogen-bond donors (Lipinski definition) is 0. The van der Waals surface area contributed by atoms with Crippen molar-refractivity contribution in [1.29, 1.82) is 5.26 Å². The van der Waals surface area contributed by atoms with E-state index in [-0.39, 0.29) is 11.9 Å². The molecule has 0 heterocycles. The van der Waals surface area contributed by atoms with Crippen molar-refractivity contribution in [3.8, 4) is 11.8 Å². The van der Waals surface area contributed by atoms with Gasteiger partial charge in [0.05, 0.1) is 11.5 Å². The Labute approximate surface area is 193 Å². The number of ether oxygens (including phenoxy) is 1. The van der Waals surface area contributed by atoms with E-state index in [1.807, 2.05) is 12.1 Å². The summed E-state index contributed by atoms with van der Waals surface area (Å²) in [6.07, 6.45) is 9.21. The normalized spacial score (nSPS) is 18.3. The first kappa shape index (κ1) is 24.1. The zero-order valence-electron chi connectivity index (χ0n) is 19.9. The van der Waals surface area contributed by atoms with Gasteiger partial charge in [0.25, 0.3) is 0 Å². The minimum atomic E-state index is -0.190. The van der Waals surface area contributed by atoms with Gasteiger partial charge in [-0.1, -0.05) is 57.5 Å². The molecule has 3 nitrogen and oxygen atoms in total. The number of carbonyl (C=O) groups is 1. The molecule has 0 spiro atoms. The molecule has 0 aliphatic heterocycles. The second-order valence-corrected chi connectivity index (χ2v) is 9.69. The molecule has 2 aromatic carbocycles. The molecule has 2 aromatic rings. The van der Waals surface area contributed by atoms with Gasteiger partial charge in [0.15, 0.2) is 0 Å². The summed E-state index contributed by atoms with van der Waals surface area (Å²) in [5.74, 6) is 1.38. The smallest absolute Gasteiger partial charge is 0.314 e. The molecule has 0 radical (unpaired) electrons. The lowest BCUT2D eigenvalue weighted by Crippen LogP contribution is -2.25. The van der Waals surface area contributed by atoms with Crippen LogP contribution in [0.2, 0.25) is 0 Å². The molecule has 0 saturated heterocycles. The van der Waals surface area contributed by atoms with Crippen LogP contribution in [0.5, 0.6) is 5.75 Å². The Balaban J connectivity index is 1.53. The molecule has 3 heteroatoms. The van der Waals surface area contributed by atoms with E-state index in [1.54, 1.807) is 6.07 Å². The summed E-state index contributed by atoms with van der Waals surface area (Å²) in [5, 5.41) is 9.49. The van der Waals surface area contributed by atoms with Crippen molar-refractivity contribution >= 4 is 5.97 Å². The summed E-state index contributed by atoms with van der Waals surface area (Å²) < 4.78 is 5.68. The molecule has 1 saturated carbocycles. The van der Waals surface area contributed by atoms with Crippen LogP contribution in [0.15, 0.2) is 42.5 Å². The van der Waals surface area contributed by atoms with Crippen LogP contribution in [0.25, 0.3) is 0 Å². The van der Waals surface area contributed by atoms with E-state index in [9.17, 15) is 10.1 Å². The van der Waals surface area contributed by atoms with Crippen molar-refractivity contribution in [3.63, 3.8) is 0 Å². The van der Waals surface area contributed by atoms with Crippen LogP contribution in [-0.2, 0) is 17.6 Å². The quantitative estimate of drug-likeness (QED) is 0.308. The van der Waals surface area contributed by atoms with E-state index in [2.05, 4.69) is 51.1 Å². The van der Waals surface area contributed by atoms with E-state index in [0.717, 1.165) is 62.8 Å². The zero-order valence-corrected chi connectivity index (χ0v) is 19.9. The van der Waals surface area contributed by atoms with Gasteiger partial charge in [-0.15, -0.1) is 0 Å². The molecule has 1 aliphatic carbocycles. The fourth-order valence-corrected chi connectivity index (χ4v) is 4.56. The van der Waals surface area contributed by atoms with Gasteiger partial charge in [-0.2, -0.15) is 5.26 Å². The number of benzene rings is 2. The Morgan fingerprint density at radius 2 is 1.72 bits per heavy atom. The summed E-state index contributed by atoms with van der Waals surface area (Å²) in [7, 11) is 0. The third kappa shape index (κ3) is 6.70. The van der Waals surface area contributed by atoms with Gasteiger partial charge in [-0.3, -0.25) is 4.79 Å². The first-order chi connectivity index (χ1) is 15.5. The summed E-state index contributed by atoms with van der Waals surface area (Å²) in [6, 6.07) is 16.9. The van der Waals surface area contributed by atoms with Crippen molar-refractivity contribution < 1.29 is 9.53 Å². The molecule has 0 atom stereocenters. The molecule has 0 unspecified atom stereocenters. The Hall–Kier alpha value is -2.60. The Bertz CT molecular complexity index is 915. The fourth-order valence-electron chi connectivity index (χ4n) is 4.56. The Morgan fingerprint density at radius 1 is 1.03 bits per heavy atom. The standard InChI is InChI=1S/C29H37NO2/c1-4-5-6-23-11-18-28(27(19-23)20-30)32-29(31)26-16-14-25(15-17-26)24-12-9-22(10-13-24)8-7-21(2)3/h9-13,18-19,21,25-26H,4-8,14-17H2,1-3H3. The topological polar surface area (TPSA) is 50.1 Å². The second-order valence-electron chi connectivity index (χ2n) is 9.69. The van der Waals surface area contributed by atoms with Crippen molar-refractivity contribution in [3.05, 3.63) is 64.7 Å². The molecule has 32 heavy (non-hydrogen) atoms. The highest BCUT2D eigenvalue weighted by Gasteiger charge is 2.29. The number of esters is 1. The minimum Gasteiger partial charge on any atom is -0.425 e. The van der Waals surface area contributed by atoms with E-state index in [1.165, 1.54) is 17.5 Å². The molecular formula is C29H37NO2. The van der Waals surface area contributed by atoms with Gasteiger partial charge in [0, 0.05) is 0 Å². The van der Waals surface area contributed by atoms with E-state index in [4.69, 9.17) is 4.74 Å². The fraction of sp³-hybridized carbons (Fsp3) is 0.517. The first-order valence-electron chi connectivity index (χ1n) is 12.3. The molecule has 0 amide bonds. The number of aryl methyl sites for hydroxylation is 2. The minimum absolute atomic E-state index is 0.0807. The lowest BCUT2D eigenvalue weighted by molar-refractivity contribution is -0.140. The summed E-state index contributed by atoms with van der Waals surface area (Å²) >= 11 is 0. The highest BCUT2D eigenvalue weighted by Crippen LogP contribution is 2.37. The van der Waals surface area contributed by atoms with Crippen molar-refractivity contribution in [2.24, 2.45) is 11.8 Å². The number of unbranched alkanes of at least 4 members (excludes halogenated alkanes) is 1. The maximum atomic E-state index is 12.8. The molecule has 3 rings (SSSR count). The third-order valence-corrected chi connectivity index (χ3v) is 6.72. The number of hydrogen-bond acceptors (Lipinski definition) is 3. The van der Waals surface area contributed by atoms with E-state index < -0.39 is 0 Å². The number of rotatable bonds is 9. The molecule has 0 bridgehead atoms. The van der Waals surface area contributed by atoms with Gasteiger partial charge in [0.2, 0.25) is 0 Å². The largest absolute Gasteiger partial charge is 0.425 e. The average molecular weight is 432 g/mol. The van der Waals surface area contributed by atoms with Gasteiger partial charge in [-0.05, 0) is 92.0 Å². The lowest BCUT2D eigenvalue weighted by Gasteiger charge is -2.27. The van der Waals surface area contributed by atoms with E-state index >= 15 is 0 Å². The van der Waals surface area contributed by atoms with Crippen molar-refractivity contribution in [1.82, 2.24) is 0 Å². The third-order valence-electron chi connectivity index (χ3n) is 6.72. The molecule has 0 aromatic heterocycles. The highest BCUT2D eigenvalue weighted by molar-refractivity contribution is 5.76. The van der Waals surface area contributed by atoms with Crippen LogP contribution in [0.1, 0.15) is 93.9 Å². The number of carbonyl (C=O) groups excluding carboxylic acids is 1. The van der Waals surface area contributed by atoms with Crippen LogP contribution in [0, 0.1) is 23.2 Å². The summed E-state index contributed by atoms with van der Waals surface area (Å²) in [6.45, 7) is 6.68. The van der Waals surface area contributed by atoms with Gasteiger partial charge in [0.1, 0.15) is 11.8 Å². The maximum Gasteiger partial charge on any atom is 0.314 e. The lowest BCUT2D eigenvalue weighted by atomic mass is 9.78. The van der Waals surface area contributed by atoms with Gasteiger partial charge in [-0.25, -0.2) is 0 Å². The van der Waals surface area contributed by atoms with Crippen LogP contribution in [0.3, 0.4) is 0 Å². The molecule has 1 aliphatic rings. The van der Waals surface area contributed by atoms with E-state index in [0.29, 0.717) is 17.2 Å². The predicted octanol–water partition coefficient (Wildman–Crippen LogP) is 7.37. The highest BCUT2D eigenvalue weighted by atomic mass is 16.5. The first-order valence-corrected chi connectivity index (χ1v) is 12.3. The SMILES string of the molecule is CCCCc1ccc(OC(=O)C2CCC(c3ccc(CCC(C)C)cc3)CC2)c(C#N)c1. The van der Waals surface area contributed by atoms with Crippen LogP contribution < -0.4 is 4.74 Å². The second kappa shape index (κ2) is 11.9. The molecule has 1 fully saturated rings. The Kier molecular flexibility index (Phi) is 8.91. The summed E-state index contributed by atoms with van der Waals surface area (Å²) in [4.78, 5) is 12.8. The van der Waals surface area contributed by atoms with Crippen LogP contribution in [-0.4, -0.2) is 5.97 Å². The van der Waals surface area contributed by atoms with Crippen LogP contribution >= 0.6 is 0 Å². The monoisotopic (exact) mass is 431 g/mol. The predicted molar refractivity (Wildman–Crippen MR) is 130 cm³/mol. The van der Waals surface area contributed by atoms with Crippen molar-refractivity contribution in [2.75, 3.05) is 0 Å². The van der Waals surface area contributed by atoms with Gasteiger partial charge >= 0.3 is 5.97 Å². The molecule has 170 valence electrons. The molecule has 0 N–H and O–H groups in total. The number of nitriles is 1. The Morgan fingerprint density at radius 3 is 2.34 bits per heavy atom. The average Bonchev–Trinajstić information content (AvgIpc) is 2.82. The zero-order chi connectivity index (χ0) is 22.9. The molecular weight excluding hydrogens is 394 g/mol. The van der Waals surface area contributed by atoms with Crippen LogP contribution in [0.4, 0.5) is 0 Å². The maximum absolute atomic E-state index is 12.8. The summed E-state index contributed by atoms with van der Waals surface area (Å²) in [5.41, 5.74) is 4.38. The van der Waals surface area contributed by atoms with Gasteiger partial charge < -0.3 is 4.74 Å². The number of nitrogens with zero attached hydrogens (tertiary/aromatic N) is 1. The van der Waals surface area contributed by atoms with Crippen molar-refractivity contribution in [2.45, 2.75) is 84.5 Å².